The van der Waals surface area contributed by atoms with Crippen LogP contribution in [0.2, 0.25) is 15.1 Å². The summed E-state index contributed by atoms with van der Waals surface area (Å²) in [6.07, 6.45) is 1.77. The molecule has 1 saturated heterocycles. The van der Waals surface area contributed by atoms with Gasteiger partial charge >= 0.3 is 0 Å². The Hall–Kier alpha value is -2.64. The number of nitrogens with one attached hydrogen (secondary N) is 1. The molecule has 1 amide bonds. The van der Waals surface area contributed by atoms with Crippen molar-refractivity contribution in [3.63, 3.8) is 0 Å². The third-order valence-electron chi connectivity index (χ3n) is 4.68. The number of carbonyl (C=O) groups excluding carboxylic acids is 1. The lowest BCUT2D eigenvalue weighted by Crippen LogP contribution is -2.19. The average molecular weight is 534 g/mol. The fraction of sp³-hybridized carbons (Fsp3) is 0.120. The van der Waals surface area contributed by atoms with Crippen LogP contribution in [0, 0.1) is 0 Å². The molecule has 1 aliphatic rings. The molecule has 4 rings (SSSR count). The Labute approximate surface area is 216 Å². The summed E-state index contributed by atoms with van der Waals surface area (Å²) >= 11 is 19.4. The van der Waals surface area contributed by atoms with Gasteiger partial charge in [-0.05, 0) is 72.3 Å². The quantitative estimate of drug-likeness (QED) is 0.319. The van der Waals surface area contributed by atoms with Gasteiger partial charge in [0.05, 0.1) is 27.2 Å². The molecule has 1 aliphatic heterocycles. The van der Waals surface area contributed by atoms with Crippen molar-refractivity contribution in [2.75, 3.05) is 6.61 Å². The fourth-order valence-electron chi connectivity index (χ4n) is 3.06. The molecule has 0 bridgehead atoms. The molecule has 1 heterocycles. The lowest BCUT2D eigenvalue weighted by molar-refractivity contribution is -0.115. The van der Waals surface area contributed by atoms with Gasteiger partial charge in [0, 0.05) is 5.02 Å². The van der Waals surface area contributed by atoms with Crippen LogP contribution in [-0.4, -0.2) is 17.7 Å². The number of halogens is 3. The van der Waals surface area contributed by atoms with E-state index < -0.39 is 0 Å². The van der Waals surface area contributed by atoms with Crippen LogP contribution >= 0.6 is 46.6 Å². The molecule has 1 N–H and O–H groups in total. The maximum absolute atomic E-state index is 12.5. The minimum Gasteiger partial charge on any atom is -0.490 e. The number of carbonyl (C=O) groups is 1. The highest BCUT2D eigenvalue weighted by atomic mass is 35.5. The van der Waals surface area contributed by atoms with Crippen molar-refractivity contribution in [3.05, 3.63) is 91.8 Å². The number of benzene rings is 3. The highest BCUT2D eigenvalue weighted by molar-refractivity contribution is 8.18. The second kappa shape index (κ2) is 11.2. The molecule has 0 atom stereocenters. The largest absolute Gasteiger partial charge is 0.490 e. The number of rotatable bonds is 7. The van der Waals surface area contributed by atoms with Gasteiger partial charge < -0.3 is 14.8 Å². The Balaban J connectivity index is 1.52. The minimum atomic E-state index is -0.247. The summed E-state index contributed by atoms with van der Waals surface area (Å²) in [6.45, 7) is 2.75. The van der Waals surface area contributed by atoms with E-state index in [-0.39, 0.29) is 5.91 Å². The van der Waals surface area contributed by atoms with E-state index in [9.17, 15) is 4.79 Å². The number of hydrogen-bond acceptors (Lipinski definition) is 5. The topological polar surface area (TPSA) is 59.9 Å². The van der Waals surface area contributed by atoms with E-state index in [1.54, 1.807) is 24.3 Å². The molecule has 174 valence electrons. The molecule has 3 aromatic carbocycles. The van der Waals surface area contributed by atoms with Crippen LogP contribution in [0.4, 0.5) is 5.69 Å². The lowest BCUT2D eigenvalue weighted by Gasteiger charge is -2.13. The summed E-state index contributed by atoms with van der Waals surface area (Å²) in [5.74, 6) is 0.956. The van der Waals surface area contributed by atoms with Crippen molar-refractivity contribution >= 4 is 69.4 Å². The Kier molecular flexibility index (Phi) is 8.06. The molecule has 5 nitrogen and oxygen atoms in total. The first-order chi connectivity index (χ1) is 16.4. The van der Waals surface area contributed by atoms with Crippen molar-refractivity contribution in [3.8, 4) is 11.5 Å². The minimum absolute atomic E-state index is 0.247. The van der Waals surface area contributed by atoms with Crippen LogP contribution in [0.3, 0.4) is 0 Å². The first-order valence-electron chi connectivity index (χ1n) is 10.3. The molecule has 9 heteroatoms. The number of thioether (sulfide) groups is 1. The van der Waals surface area contributed by atoms with Crippen LogP contribution in [0.15, 0.2) is 70.6 Å². The first kappa shape index (κ1) is 24.5. The van der Waals surface area contributed by atoms with Gasteiger partial charge in [0.2, 0.25) is 0 Å². The molecular weight excluding hydrogens is 515 g/mol. The number of amidine groups is 1. The van der Waals surface area contributed by atoms with Gasteiger partial charge in [-0.2, -0.15) is 0 Å². The van der Waals surface area contributed by atoms with Crippen molar-refractivity contribution < 1.29 is 14.3 Å². The average Bonchev–Trinajstić information content (AvgIpc) is 3.16. The van der Waals surface area contributed by atoms with Crippen LogP contribution in [0.5, 0.6) is 11.5 Å². The number of aliphatic imine (C=N–C) groups is 1. The van der Waals surface area contributed by atoms with Gasteiger partial charge in [0.15, 0.2) is 16.7 Å². The lowest BCUT2D eigenvalue weighted by atomic mass is 10.2. The summed E-state index contributed by atoms with van der Waals surface area (Å²) in [6, 6.07) is 18.1. The zero-order valence-corrected chi connectivity index (χ0v) is 21.1. The first-order valence-corrected chi connectivity index (χ1v) is 12.3. The van der Waals surface area contributed by atoms with Crippen molar-refractivity contribution in [2.24, 2.45) is 4.99 Å². The molecular formula is C25H19Cl3N2O3S. The summed E-state index contributed by atoms with van der Waals surface area (Å²) < 4.78 is 11.7. The number of amides is 1. The molecule has 1 fully saturated rings. The highest BCUT2D eigenvalue weighted by Crippen LogP contribution is 2.35. The van der Waals surface area contributed by atoms with Crippen LogP contribution in [0.1, 0.15) is 18.1 Å². The normalized spacial score (nSPS) is 15.6. The molecule has 0 saturated carbocycles. The van der Waals surface area contributed by atoms with E-state index in [0.29, 0.717) is 55.5 Å². The van der Waals surface area contributed by atoms with Gasteiger partial charge in [-0.3, -0.25) is 4.79 Å². The second-order valence-electron chi connectivity index (χ2n) is 7.11. The van der Waals surface area contributed by atoms with Gasteiger partial charge in [-0.15, -0.1) is 0 Å². The third kappa shape index (κ3) is 6.07. The smallest absolute Gasteiger partial charge is 0.264 e. The third-order valence-corrected chi connectivity index (χ3v) is 6.65. The van der Waals surface area contributed by atoms with Crippen molar-refractivity contribution in [1.29, 1.82) is 0 Å². The Bertz CT molecular complexity index is 1280. The van der Waals surface area contributed by atoms with E-state index >= 15 is 0 Å². The molecule has 0 radical (unpaired) electrons. The van der Waals surface area contributed by atoms with Crippen LogP contribution < -0.4 is 14.8 Å². The fourth-order valence-corrected chi connectivity index (χ4v) is 4.36. The summed E-state index contributed by atoms with van der Waals surface area (Å²) in [5, 5.41) is 4.58. The number of nitrogens with zero attached hydrogens (tertiary/aromatic N) is 1. The van der Waals surface area contributed by atoms with Crippen molar-refractivity contribution in [2.45, 2.75) is 13.5 Å². The summed E-state index contributed by atoms with van der Waals surface area (Å²) in [7, 11) is 0. The van der Waals surface area contributed by atoms with E-state index in [0.717, 1.165) is 11.1 Å². The summed E-state index contributed by atoms with van der Waals surface area (Å²) in [5.41, 5.74) is 2.27. The van der Waals surface area contributed by atoms with Gasteiger partial charge in [0.25, 0.3) is 5.91 Å². The molecule has 34 heavy (non-hydrogen) atoms. The van der Waals surface area contributed by atoms with E-state index in [1.165, 1.54) is 11.8 Å². The molecule has 0 unspecified atom stereocenters. The highest BCUT2D eigenvalue weighted by Gasteiger charge is 2.24. The number of hydrogen-bond donors (Lipinski definition) is 1. The molecule has 3 aromatic rings. The second-order valence-corrected chi connectivity index (χ2v) is 9.36. The van der Waals surface area contributed by atoms with E-state index in [4.69, 9.17) is 44.3 Å². The predicted octanol–water partition coefficient (Wildman–Crippen LogP) is 7.52. The maximum atomic E-state index is 12.5. The van der Waals surface area contributed by atoms with Gasteiger partial charge in [-0.25, -0.2) is 4.99 Å². The Morgan fingerprint density at radius 2 is 1.79 bits per heavy atom. The predicted molar refractivity (Wildman–Crippen MR) is 141 cm³/mol. The SMILES string of the molecule is CCOc1cc(C=C2SC(=Nc3cccc(Cl)c3Cl)NC2=O)ccc1OCc1ccc(Cl)cc1. The molecule has 0 aromatic heterocycles. The zero-order valence-electron chi connectivity index (χ0n) is 18.0. The number of ether oxygens (including phenoxy) is 2. The van der Waals surface area contributed by atoms with Crippen molar-refractivity contribution in [1.82, 2.24) is 5.32 Å². The standard InChI is InChI=1S/C25H19Cl3N2O3S/c1-2-32-21-12-16(8-11-20(21)33-14-15-6-9-17(26)10-7-15)13-22-24(31)30-25(34-22)29-19-5-3-4-18(27)23(19)28/h3-13H,2,14H2,1H3,(H,29,30,31). The van der Waals surface area contributed by atoms with Crippen LogP contribution in [0.25, 0.3) is 6.08 Å². The van der Waals surface area contributed by atoms with E-state index in [2.05, 4.69) is 10.3 Å². The Morgan fingerprint density at radius 3 is 2.56 bits per heavy atom. The monoisotopic (exact) mass is 532 g/mol. The molecule has 0 aliphatic carbocycles. The van der Waals surface area contributed by atoms with Crippen LogP contribution in [-0.2, 0) is 11.4 Å². The summed E-state index contributed by atoms with van der Waals surface area (Å²) in [4.78, 5) is 17.4. The van der Waals surface area contributed by atoms with Gasteiger partial charge in [0.1, 0.15) is 6.61 Å². The zero-order chi connectivity index (χ0) is 24.1. The molecule has 0 spiro atoms. The van der Waals surface area contributed by atoms with E-state index in [1.807, 2.05) is 49.4 Å². The maximum Gasteiger partial charge on any atom is 0.264 e. The van der Waals surface area contributed by atoms with Gasteiger partial charge in [-0.1, -0.05) is 59.1 Å². The Morgan fingerprint density at radius 1 is 1.00 bits per heavy atom.